The molecule has 5 rings (SSSR count). The Kier molecular flexibility index (Phi) is 5.14. The van der Waals surface area contributed by atoms with Gasteiger partial charge in [-0.05, 0) is 43.0 Å². The van der Waals surface area contributed by atoms with Gasteiger partial charge in [0.25, 0.3) is 5.56 Å². The van der Waals surface area contributed by atoms with E-state index < -0.39 is 0 Å². The van der Waals surface area contributed by atoms with E-state index in [1.165, 1.54) is 16.7 Å². The molecule has 0 aliphatic rings. The maximum absolute atomic E-state index is 13.7. The largest absolute Gasteiger partial charge is 0.330 e. The maximum Gasteiger partial charge on any atom is 0.277 e. The van der Waals surface area contributed by atoms with Crippen molar-refractivity contribution in [2.75, 3.05) is 0 Å². The minimum Gasteiger partial charge on any atom is -0.330 e. The lowest BCUT2D eigenvalue weighted by atomic mass is 10.0. The van der Waals surface area contributed by atoms with Gasteiger partial charge in [0.1, 0.15) is 11.0 Å². The van der Waals surface area contributed by atoms with Crippen LogP contribution >= 0.6 is 0 Å². The summed E-state index contributed by atoms with van der Waals surface area (Å²) >= 11 is 0. The molecule has 0 aliphatic carbocycles. The fraction of sp³-hybridized carbons (Fsp3) is 0.214. The maximum atomic E-state index is 13.7. The second kappa shape index (κ2) is 8.12. The normalized spacial score (nSPS) is 12.5. The average Bonchev–Trinajstić information content (AvgIpc) is 3.09. The Labute approximate surface area is 187 Å². The molecule has 0 N–H and O–H groups in total. The summed E-state index contributed by atoms with van der Waals surface area (Å²) in [5.74, 6) is 0.213. The number of nitrogens with zero attached hydrogens (tertiary/aromatic N) is 3. The Hall–Kier alpha value is -3.66. The highest BCUT2D eigenvalue weighted by Gasteiger charge is 2.18. The number of aryl methyl sites for hydroxylation is 2. The van der Waals surface area contributed by atoms with Crippen molar-refractivity contribution in [3.63, 3.8) is 0 Å². The van der Waals surface area contributed by atoms with Gasteiger partial charge in [0.05, 0.1) is 11.8 Å². The van der Waals surface area contributed by atoms with Gasteiger partial charge in [-0.2, -0.15) is 0 Å². The van der Waals surface area contributed by atoms with E-state index in [9.17, 15) is 4.79 Å². The van der Waals surface area contributed by atoms with Gasteiger partial charge in [-0.25, -0.2) is 4.98 Å². The molecule has 160 valence electrons. The predicted molar refractivity (Wildman–Crippen MR) is 131 cm³/mol. The van der Waals surface area contributed by atoms with Gasteiger partial charge in [0, 0.05) is 18.5 Å². The zero-order valence-corrected chi connectivity index (χ0v) is 18.7. The number of hydrogen-bond donors (Lipinski definition) is 0. The van der Waals surface area contributed by atoms with Gasteiger partial charge in [0.2, 0.25) is 0 Å². The molecule has 4 heteroatoms. The predicted octanol–water partition coefficient (Wildman–Crippen LogP) is 5.82. The number of aromatic nitrogens is 3. The fourth-order valence-electron chi connectivity index (χ4n) is 4.58. The van der Waals surface area contributed by atoms with Crippen LogP contribution in [-0.2, 0) is 13.1 Å². The molecule has 0 spiro atoms. The highest BCUT2D eigenvalue weighted by molar-refractivity contribution is 6.05. The van der Waals surface area contributed by atoms with E-state index in [0.717, 1.165) is 22.0 Å². The Morgan fingerprint density at radius 2 is 1.69 bits per heavy atom. The molecule has 5 aromatic rings. The molecule has 0 aliphatic heterocycles. The van der Waals surface area contributed by atoms with Crippen LogP contribution in [0, 0.1) is 13.8 Å². The monoisotopic (exact) mass is 421 g/mol. The molecule has 1 unspecified atom stereocenters. The van der Waals surface area contributed by atoms with Crippen molar-refractivity contribution in [1.82, 2.24) is 14.1 Å². The molecular weight excluding hydrogens is 394 g/mol. The van der Waals surface area contributed by atoms with Crippen molar-refractivity contribution in [1.29, 1.82) is 0 Å². The SMILES string of the molecule is Cc1cccc(Cn2c3ccc(C)cc3c3ncn(CC(C)c4ccccc4)c(=O)c32)c1. The summed E-state index contributed by atoms with van der Waals surface area (Å²) in [4.78, 5) is 18.5. The molecule has 0 saturated heterocycles. The Balaban J connectivity index is 1.67. The van der Waals surface area contributed by atoms with Crippen molar-refractivity contribution < 1.29 is 0 Å². The van der Waals surface area contributed by atoms with E-state index in [0.29, 0.717) is 18.6 Å². The number of hydrogen-bond acceptors (Lipinski definition) is 2. The molecule has 1 atom stereocenters. The van der Waals surface area contributed by atoms with Gasteiger partial charge in [0.15, 0.2) is 0 Å². The van der Waals surface area contributed by atoms with Crippen molar-refractivity contribution in [2.24, 2.45) is 0 Å². The zero-order valence-electron chi connectivity index (χ0n) is 18.7. The standard InChI is InChI=1S/C28H27N3O/c1-19-8-7-9-22(14-19)17-31-25-13-12-20(2)15-24(25)26-27(31)28(32)30(18-29-26)16-21(3)23-10-5-4-6-11-23/h4-15,18,21H,16-17H2,1-3H3. The minimum absolute atomic E-state index is 0.0132. The second-order valence-corrected chi connectivity index (χ2v) is 8.81. The highest BCUT2D eigenvalue weighted by atomic mass is 16.1. The molecule has 0 amide bonds. The van der Waals surface area contributed by atoms with Crippen LogP contribution in [0.2, 0.25) is 0 Å². The van der Waals surface area contributed by atoms with Crippen LogP contribution in [0.4, 0.5) is 0 Å². The van der Waals surface area contributed by atoms with E-state index in [1.54, 1.807) is 10.9 Å². The first-order chi connectivity index (χ1) is 15.5. The first-order valence-corrected chi connectivity index (χ1v) is 11.1. The Morgan fingerprint density at radius 3 is 2.47 bits per heavy atom. The summed E-state index contributed by atoms with van der Waals surface area (Å²) in [5, 5.41) is 1.04. The Bertz CT molecular complexity index is 1480. The molecule has 0 radical (unpaired) electrons. The average molecular weight is 422 g/mol. The molecule has 4 nitrogen and oxygen atoms in total. The van der Waals surface area contributed by atoms with Gasteiger partial charge in [-0.1, -0.05) is 78.7 Å². The molecule has 0 saturated carbocycles. The lowest BCUT2D eigenvalue weighted by molar-refractivity contribution is 0.575. The highest BCUT2D eigenvalue weighted by Crippen LogP contribution is 2.28. The Morgan fingerprint density at radius 1 is 0.906 bits per heavy atom. The third kappa shape index (κ3) is 3.62. The minimum atomic E-state index is 0.0132. The summed E-state index contributed by atoms with van der Waals surface area (Å²) in [5.41, 5.74) is 7.29. The zero-order chi connectivity index (χ0) is 22.2. The molecule has 3 aromatic carbocycles. The summed E-state index contributed by atoms with van der Waals surface area (Å²) < 4.78 is 3.90. The van der Waals surface area contributed by atoms with E-state index >= 15 is 0 Å². The number of benzene rings is 3. The van der Waals surface area contributed by atoms with Crippen LogP contribution in [0.3, 0.4) is 0 Å². The van der Waals surface area contributed by atoms with Crippen LogP contribution in [0.25, 0.3) is 21.9 Å². The van der Waals surface area contributed by atoms with Gasteiger partial charge >= 0.3 is 0 Å². The molecule has 2 heterocycles. The van der Waals surface area contributed by atoms with E-state index in [1.807, 2.05) is 18.2 Å². The first-order valence-electron chi connectivity index (χ1n) is 11.1. The molecule has 32 heavy (non-hydrogen) atoms. The van der Waals surface area contributed by atoms with Gasteiger partial charge in [-0.3, -0.25) is 9.36 Å². The molecule has 0 bridgehead atoms. The van der Waals surface area contributed by atoms with E-state index in [2.05, 4.69) is 79.9 Å². The number of fused-ring (bicyclic) bond motifs is 3. The van der Waals surface area contributed by atoms with Crippen LogP contribution < -0.4 is 5.56 Å². The molecule has 0 fully saturated rings. The molecule has 2 aromatic heterocycles. The topological polar surface area (TPSA) is 39.8 Å². The van der Waals surface area contributed by atoms with E-state index in [-0.39, 0.29) is 11.5 Å². The van der Waals surface area contributed by atoms with Crippen molar-refractivity contribution in [3.05, 3.63) is 112 Å². The summed E-state index contributed by atoms with van der Waals surface area (Å²) in [6, 6.07) is 25.1. The van der Waals surface area contributed by atoms with Crippen LogP contribution in [0.15, 0.2) is 83.9 Å². The van der Waals surface area contributed by atoms with Crippen LogP contribution in [0.5, 0.6) is 0 Å². The summed E-state index contributed by atoms with van der Waals surface area (Å²) in [6.45, 7) is 7.55. The molecular formula is C28H27N3O. The third-order valence-corrected chi connectivity index (χ3v) is 6.24. The second-order valence-electron chi connectivity index (χ2n) is 8.81. The quantitative estimate of drug-likeness (QED) is 0.359. The van der Waals surface area contributed by atoms with Crippen molar-refractivity contribution in [2.45, 2.75) is 39.8 Å². The van der Waals surface area contributed by atoms with Gasteiger partial charge in [-0.15, -0.1) is 0 Å². The van der Waals surface area contributed by atoms with Gasteiger partial charge < -0.3 is 4.57 Å². The summed E-state index contributed by atoms with van der Waals surface area (Å²) in [7, 11) is 0. The van der Waals surface area contributed by atoms with Crippen molar-refractivity contribution >= 4 is 21.9 Å². The van der Waals surface area contributed by atoms with E-state index in [4.69, 9.17) is 4.98 Å². The lowest BCUT2D eigenvalue weighted by Crippen LogP contribution is -2.24. The van der Waals surface area contributed by atoms with Crippen molar-refractivity contribution in [3.8, 4) is 0 Å². The fourth-order valence-corrected chi connectivity index (χ4v) is 4.58. The van der Waals surface area contributed by atoms with Crippen LogP contribution in [-0.4, -0.2) is 14.1 Å². The lowest BCUT2D eigenvalue weighted by Gasteiger charge is -2.14. The smallest absolute Gasteiger partial charge is 0.277 e. The third-order valence-electron chi connectivity index (χ3n) is 6.24. The number of rotatable bonds is 5. The van der Waals surface area contributed by atoms with Crippen LogP contribution in [0.1, 0.15) is 35.1 Å². The first kappa shape index (κ1) is 20.3. The summed E-state index contributed by atoms with van der Waals surface area (Å²) in [6.07, 6.45) is 1.71.